The van der Waals surface area contributed by atoms with E-state index < -0.39 is 5.97 Å². The second kappa shape index (κ2) is 8.74. The molecule has 0 unspecified atom stereocenters. The number of carboxylic acid groups (broad SMARTS) is 1. The van der Waals surface area contributed by atoms with Gasteiger partial charge in [-0.3, -0.25) is 14.4 Å². The van der Waals surface area contributed by atoms with Gasteiger partial charge in [0.25, 0.3) is 5.91 Å². The van der Waals surface area contributed by atoms with E-state index >= 15 is 0 Å². The molecule has 0 spiro atoms. The van der Waals surface area contributed by atoms with Crippen LogP contribution >= 0.6 is 11.6 Å². The Morgan fingerprint density at radius 1 is 1.00 bits per heavy atom. The summed E-state index contributed by atoms with van der Waals surface area (Å²) in [6.07, 6.45) is 5.21. The second-order valence-corrected chi connectivity index (χ2v) is 7.86. The number of piperidine rings is 1. The third kappa shape index (κ3) is 4.80. The monoisotopic (exact) mass is 392 g/mol. The molecule has 3 rings (SSSR count). The van der Waals surface area contributed by atoms with E-state index in [4.69, 9.17) is 16.7 Å². The topological polar surface area (TPSA) is 86.7 Å². The largest absolute Gasteiger partial charge is 0.481 e. The van der Waals surface area contributed by atoms with Crippen molar-refractivity contribution in [3.63, 3.8) is 0 Å². The SMILES string of the molecule is O=C(O)C1CCC(C(=O)Nc2cc(Cl)ccc2C(=O)N2CCCCC2)CC1. The number of carbonyl (C=O) groups excluding carboxylic acids is 2. The average Bonchev–Trinajstić information content (AvgIpc) is 2.68. The minimum absolute atomic E-state index is 0.0868. The first kappa shape index (κ1) is 19.7. The Balaban J connectivity index is 1.70. The molecule has 6 nitrogen and oxygen atoms in total. The Morgan fingerprint density at radius 3 is 2.26 bits per heavy atom. The lowest BCUT2D eigenvalue weighted by atomic mass is 9.81. The Hall–Kier alpha value is -2.08. The van der Waals surface area contributed by atoms with Gasteiger partial charge in [-0.05, 0) is 63.1 Å². The number of halogens is 1. The summed E-state index contributed by atoms with van der Waals surface area (Å²) in [6, 6.07) is 4.93. The summed E-state index contributed by atoms with van der Waals surface area (Å²) in [5, 5.41) is 12.4. The Labute approximate surface area is 163 Å². The first-order valence-corrected chi connectivity index (χ1v) is 9.96. The third-order valence-corrected chi connectivity index (χ3v) is 5.80. The van der Waals surface area contributed by atoms with Crippen LogP contribution in [0.4, 0.5) is 5.69 Å². The number of amides is 2. The predicted octanol–water partition coefficient (Wildman–Crippen LogP) is 3.80. The van der Waals surface area contributed by atoms with Gasteiger partial charge < -0.3 is 15.3 Å². The van der Waals surface area contributed by atoms with Crippen LogP contribution in [0.25, 0.3) is 0 Å². The highest BCUT2D eigenvalue weighted by molar-refractivity contribution is 6.31. The lowest BCUT2D eigenvalue weighted by Gasteiger charge is -2.28. The fourth-order valence-electron chi connectivity index (χ4n) is 3.91. The average molecular weight is 393 g/mol. The van der Waals surface area contributed by atoms with E-state index in [1.807, 2.05) is 4.90 Å². The smallest absolute Gasteiger partial charge is 0.306 e. The number of carbonyl (C=O) groups is 3. The van der Waals surface area contributed by atoms with Crippen LogP contribution in [0.5, 0.6) is 0 Å². The zero-order valence-corrected chi connectivity index (χ0v) is 16.0. The first-order chi connectivity index (χ1) is 13.0. The molecular formula is C20H25ClN2O4. The van der Waals surface area contributed by atoms with Gasteiger partial charge in [-0.1, -0.05) is 11.6 Å². The van der Waals surface area contributed by atoms with Gasteiger partial charge in [0.1, 0.15) is 0 Å². The Kier molecular flexibility index (Phi) is 6.37. The van der Waals surface area contributed by atoms with Crippen LogP contribution in [0.2, 0.25) is 5.02 Å². The molecule has 1 saturated heterocycles. The number of carboxylic acids is 1. The van der Waals surface area contributed by atoms with Crippen molar-refractivity contribution in [3.05, 3.63) is 28.8 Å². The standard InChI is InChI=1S/C20H25ClN2O4/c21-15-8-9-16(19(25)23-10-2-1-3-11-23)17(12-15)22-18(24)13-4-6-14(7-5-13)20(26)27/h8-9,12-14H,1-7,10-11H2,(H,22,24)(H,26,27). The second-order valence-electron chi connectivity index (χ2n) is 7.42. The van der Waals surface area contributed by atoms with E-state index in [1.54, 1.807) is 18.2 Å². The molecule has 2 fully saturated rings. The molecule has 1 saturated carbocycles. The molecule has 1 aliphatic carbocycles. The van der Waals surface area contributed by atoms with Gasteiger partial charge >= 0.3 is 5.97 Å². The minimum Gasteiger partial charge on any atom is -0.481 e. The molecule has 2 amide bonds. The highest BCUT2D eigenvalue weighted by Gasteiger charge is 2.30. The quantitative estimate of drug-likeness (QED) is 0.815. The van der Waals surface area contributed by atoms with Crippen LogP contribution in [0.15, 0.2) is 18.2 Å². The van der Waals surface area contributed by atoms with Crippen molar-refractivity contribution in [2.45, 2.75) is 44.9 Å². The maximum absolute atomic E-state index is 12.9. The summed E-state index contributed by atoms with van der Waals surface area (Å²) >= 11 is 6.09. The molecule has 1 aromatic rings. The van der Waals surface area contributed by atoms with Gasteiger partial charge in [-0.15, -0.1) is 0 Å². The summed E-state index contributed by atoms with van der Waals surface area (Å²) in [6.45, 7) is 1.46. The molecule has 1 heterocycles. The summed E-state index contributed by atoms with van der Waals surface area (Å²) in [4.78, 5) is 38.4. The first-order valence-electron chi connectivity index (χ1n) is 9.58. The number of nitrogens with one attached hydrogen (secondary N) is 1. The summed E-state index contributed by atoms with van der Waals surface area (Å²) in [5.41, 5.74) is 0.886. The van der Waals surface area contributed by atoms with E-state index in [0.29, 0.717) is 42.0 Å². The lowest BCUT2D eigenvalue weighted by molar-refractivity contribution is -0.143. The molecule has 146 valence electrons. The molecule has 27 heavy (non-hydrogen) atoms. The van der Waals surface area contributed by atoms with Gasteiger partial charge in [0.2, 0.25) is 5.91 Å². The van der Waals surface area contributed by atoms with Crippen molar-refractivity contribution in [3.8, 4) is 0 Å². The molecule has 1 aliphatic heterocycles. The normalized spacial score (nSPS) is 22.9. The van der Waals surface area contributed by atoms with E-state index in [-0.39, 0.29) is 23.7 Å². The van der Waals surface area contributed by atoms with Crippen molar-refractivity contribution < 1.29 is 19.5 Å². The van der Waals surface area contributed by atoms with Crippen molar-refractivity contribution >= 4 is 35.1 Å². The number of aliphatic carboxylic acids is 1. The van der Waals surface area contributed by atoms with Gasteiger partial charge in [0.05, 0.1) is 17.2 Å². The van der Waals surface area contributed by atoms with Crippen LogP contribution in [0.3, 0.4) is 0 Å². The van der Waals surface area contributed by atoms with Gasteiger partial charge in [-0.2, -0.15) is 0 Å². The zero-order chi connectivity index (χ0) is 19.4. The maximum Gasteiger partial charge on any atom is 0.306 e. The van der Waals surface area contributed by atoms with Gasteiger partial charge in [0.15, 0.2) is 0 Å². The summed E-state index contributed by atoms with van der Waals surface area (Å²) < 4.78 is 0. The van der Waals surface area contributed by atoms with Crippen molar-refractivity contribution in [1.82, 2.24) is 4.90 Å². The van der Waals surface area contributed by atoms with E-state index in [2.05, 4.69) is 5.32 Å². The number of likely N-dealkylation sites (tertiary alicyclic amines) is 1. The molecule has 0 bridgehead atoms. The Bertz CT molecular complexity index is 723. The van der Waals surface area contributed by atoms with E-state index in [9.17, 15) is 14.4 Å². The molecule has 0 aromatic heterocycles. The highest BCUT2D eigenvalue weighted by Crippen LogP contribution is 2.31. The molecule has 1 aromatic carbocycles. The number of hydrogen-bond acceptors (Lipinski definition) is 3. The fraction of sp³-hybridized carbons (Fsp3) is 0.550. The molecule has 0 atom stereocenters. The van der Waals surface area contributed by atoms with Gasteiger partial charge in [0, 0.05) is 24.0 Å². The third-order valence-electron chi connectivity index (χ3n) is 5.56. The zero-order valence-electron chi connectivity index (χ0n) is 15.2. The van der Waals surface area contributed by atoms with Crippen LogP contribution in [0.1, 0.15) is 55.3 Å². The highest BCUT2D eigenvalue weighted by atomic mass is 35.5. The molecule has 7 heteroatoms. The van der Waals surface area contributed by atoms with E-state index in [1.165, 1.54) is 0 Å². The summed E-state index contributed by atoms with van der Waals surface area (Å²) in [7, 11) is 0. The summed E-state index contributed by atoms with van der Waals surface area (Å²) in [5.74, 6) is -1.66. The number of rotatable bonds is 4. The number of hydrogen-bond donors (Lipinski definition) is 2. The minimum atomic E-state index is -0.793. The number of benzene rings is 1. The van der Waals surface area contributed by atoms with E-state index in [0.717, 1.165) is 32.4 Å². The maximum atomic E-state index is 12.9. The van der Waals surface area contributed by atoms with Crippen molar-refractivity contribution in [2.75, 3.05) is 18.4 Å². The molecule has 2 aliphatic rings. The van der Waals surface area contributed by atoms with Gasteiger partial charge in [-0.25, -0.2) is 0 Å². The predicted molar refractivity (Wildman–Crippen MR) is 103 cm³/mol. The lowest BCUT2D eigenvalue weighted by Crippen LogP contribution is -2.36. The fourth-order valence-corrected chi connectivity index (χ4v) is 4.08. The molecular weight excluding hydrogens is 368 g/mol. The number of anilines is 1. The van der Waals surface area contributed by atoms with Crippen LogP contribution in [-0.2, 0) is 9.59 Å². The van der Waals surface area contributed by atoms with Crippen LogP contribution in [0, 0.1) is 11.8 Å². The van der Waals surface area contributed by atoms with Crippen LogP contribution < -0.4 is 5.32 Å². The molecule has 2 N–H and O–H groups in total. The van der Waals surface area contributed by atoms with Crippen LogP contribution in [-0.4, -0.2) is 40.9 Å². The molecule has 0 radical (unpaired) electrons. The number of nitrogens with zero attached hydrogens (tertiary/aromatic N) is 1. The van der Waals surface area contributed by atoms with Crippen molar-refractivity contribution in [1.29, 1.82) is 0 Å². The Morgan fingerprint density at radius 2 is 1.63 bits per heavy atom. The van der Waals surface area contributed by atoms with Crippen molar-refractivity contribution in [2.24, 2.45) is 11.8 Å².